The number of aromatic nitrogens is 1. The number of carbonyl (C=O) groups excluding carboxylic acids is 1. The van der Waals surface area contributed by atoms with Crippen molar-refractivity contribution >= 4 is 21.6 Å². The first-order valence-corrected chi connectivity index (χ1v) is 11.6. The predicted octanol–water partition coefficient (Wildman–Crippen LogP) is 3.26. The summed E-state index contributed by atoms with van der Waals surface area (Å²) in [5.74, 6) is 0.891. The first-order valence-electron chi connectivity index (χ1n) is 10.1. The number of hydrogen-bond acceptors (Lipinski definition) is 5. The highest BCUT2D eigenvalue weighted by molar-refractivity contribution is 7.89. The minimum absolute atomic E-state index is 0.164. The third-order valence-corrected chi connectivity index (χ3v) is 7.38. The molecule has 0 radical (unpaired) electrons. The molecule has 8 nitrogen and oxygen atoms in total. The summed E-state index contributed by atoms with van der Waals surface area (Å²) >= 11 is 0. The molecule has 1 N–H and O–H groups in total. The van der Waals surface area contributed by atoms with Gasteiger partial charge in [-0.25, -0.2) is 8.42 Å². The molecule has 2 heterocycles. The molecule has 0 saturated heterocycles. The second kappa shape index (κ2) is 8.68. The molecule has 0 fully saturated rings. The first-order chi connectivity index (χ1) is 15.3. The molecule has 0 bridgehead atoms. The highest BCUT2D eigenvalue weighted by Gasteiger charge is 2.38. The quantitative estimate of drug-likeness (QED) is 0.616. The van der Waals surface area contributed by atoms with Crippen molar-refractivity contribution in [2.24, 2.45) is 0 Å². The Bertz CT molecular complexity index is 1230. The molecule has 0 aliphatic carbocycles. The fourth-order valence-corrected chi connectivity index (χ4v) is 5.61. The van der Waals surface area contributed by atoms with Crippen LogP contribution in [-0.4, -0.2) is 44.0 Å². The molecular weight excluding hydrogens is 430 g/mol. The molecule has 2 aromatic carbocycles. The van der Waals surface area contributed by atoms with Gasteiger partial charge < -0.3 is 19.4 Å². The number of amides is 1. The van der Waals surface area contributed by atoms with Crippen molar-refractivity contribution in [1.29, 1.82) is 0 Å². The lowest BCUT2D eigenvalue weighted by molar-refractivity contribution is -0.114. The van der Waals surface area contributed by atoms with E-state index in [4.69, 9.17) is 9.47 Å². The van der Waals surface area contributed by atoms with E-state index in [9.17, 15) is 13.2 Å². The number of hydrogen-bond donors (Lipinski definition) is 1. The first kappa shape index (κ1) is 21.9. The standard InChI is InChI=1S/C23H25N3O5S/c1-16(27)24-18-7-9-19(10-8-18)32(28,29)26-14-13-25-12-4-5-20(25)23(26)17-6-11-21(30-2)22(15-17)31-3/h4-12,15,23H,13-14H2,1-3H3,(H,24,27)/t23-/m1/s1. The topological polar surface area (TPSA) is 89.9 Å². The summed E-state index contributed by atoms with van der Waals surface area (Å²) in [6, 6.07) is 15.0. The summed E-state index contributed by atoms with van der Waals surface area (Å²) < 4.78 is 41.7. The number of carbonyl (C=O) groups is 1. The van der Waals surface area contributed by atoms with Crippen molar-refractivity contribution in [3.05, 3.63) is 72.1 Å². The van der Waals surface area contributed by atoms with Crippen LogP contribution in [0.15, 0.2) is 65.7 Å². The third kappa shape index (κ3) is 3.96. The SMILES string of the molecule is COc1ccc([C@@H]2c3cccn3CCN2S(=O)(=O)c2ccc(NC(C)=O)cc2)cc1OC. The van der Waals surface area contributed by atoms with Crippen LogP contribution in [0.3, 0.4) is 0 Å². The molecule has 32 heavy (non-hydrogen) atoms. The van der Waals surface area contributed by atoms with Gasteiger partial charge in [-0.05, 0) is 54.1 Å². The van der Waals surface area contributed by atoms with Crippen LogP contribution in [0.1, 0.15) is 24.2 Å². The zero-order valence-electron chi connectivity index (χ0n) is 18.1. The van der Waals surface area contributed by atoms with Crippen LogP contribution >= 0.6 is 0 Å². The molecule has 1 amide bonds. The Balaban J connectivity index is 1.78. The number of nitrogens with zero attached hydrogens (tertiary/aromatic N) is 2. The molecule has 0 spiro atoms. The number of ether oxygens (including phenoxy) is 2. The maximum Gasteiger partial charge on any atom is 0.244 e. The highest BCUT2D eigenvalue weighted by atomic mass is 32.2. The lowest BCUT2D eigenvalue weighted by atomic mass is 10.0. The van der Waals surface area contributed by atoms with E-state index < -0.39 is 16.1 Å². The maximum absolute atomic E-state index is 13.7. The Morgan fingerprint density at radius 2 is 1.72 bits per heavy atom. The molecule has 1 aromatic heterocycles. The predicted molar refractivity (Wildman–Crippen MR) is 120 cm³/mol. The minimum Gasteiger partial charge on any atom is -0.493 e. The van der Waals surface area contributed by atoms with E-state index in [0.29, 0.717) is 30.3 Å². The average Bonchev–Trinajstić information content (AvgIpc) is 3.27. The second-order valence-corrected chi connectivity index (χ2v) is 9.36. The second-order valence-electron chi connectivity index (χ2n) is 7.46. The summed E-state index contributed by atoms with van der Waals surface area (Å²) in [4.78, 5) is 11.4. The number of sulfonamides is 1. The van der Waals surface area contributed by atoms with Crippen LogP contribution in [-0.2, 0) is 21.4 Å². The smallest absolute Gasteiger partial charge is 0.244 e. The van der Waals surface area contributed by atoms with E-state index >= 15 is 0 Å². The molecule has 168 valence electrons. The monoisotopic (exact) mass is 455 g/mol. The van der Waals surface area contributed by atoms with Gasteiger partial charge in [0.15, 0.2) is 11.5 Å². The molecular formula is C23H25N3O5S. The fourth-order valence-electron chi connectivity index (χ4n) is 4.03. The summed E-state index contributed by atoms with van der Waals surface area (Å²) in [5, 5.41) is 2.65. The van der Waals surface area contributed by atoms with Gasteiger partial charge in [0.25, 0.3) is 0 Å². The van der Waals surface area contributed by atoms with Crippen molar-refractivity contribution in [3.8, 4) is 11.5 Å². The molecule has 4 rings (SSSR count). The number of fused-ring (bicyclic) bond motifs is 1. The van der Waals surface area contributed by atoms with Crippen molar-refractivity contribution in [2.75, 3.05) is 26.1 Å². The van der Waals surface area contributed by atoms with Crippen LogP contribution in [0.5, 0.6) is 11.5 Å². The number of benzene rings is 2. The van der Waals surface area contributed by atoms with Crippen molar-refractivity contribution in [3.63, 3.8) is 0 Å². The van der Waals surface area contributed by atoms with E-state index in [1.54, 1.807) is 32.4 Å². The lowest BCUT2D eigenvalue weighted by Crippen LogP contribution is -2.42. The van der Waals surface area contributed by atoms with Gasteiger partial charge in [0, 0.05) is 37.6 Å². The number of methoxy groups -OCH3 is 2. The summed E-state index contributed by atoms with van der Waals surface area (Å²) in [5.41, 5.74) is 2.20. The molecule has 1 aliphatic rings. The van der Waals surface area contributed by atoms with Crippen LogP contribution in [0, 0.1) is 0 Å². The zero-order valence-corrected chi connectivity index (χ0v) is 18.9. The molecule has 1 aliphatic heterocycles. The summed E-state index contributed by atoms with van der Waals surface area (Å²) in [6.45, 7) is 2.27. The molecule has 3 aromatic rings. The van der Waals surface area contributed by atoms with E-state index in [1.807, 2.05) is 30.5 Å². The van der Waals surface area contributed by atoms with Gasteiger partial charge in [-0.15, -0.1) is 0 Å². The number of nitrogens with one attached hydrogen (secondary N) is 1. The van der Waals surface area contributed by atoms with E-state index in [0.717, 1.165) is 11.3 Å². The molecule has 0 unspecified atom stereocenters. The summed E-state index contributed by atoms with van der Waals surface area (Å²) in [7, 11) is -0.713. The average molecular weight is 456 g/mol. The Labute approximate surface area is 187 Å². The fraction of sp³-hybridized carbons (Fsp3) is 0.261. The Kier molecular flexibility index (Phi) is 5.94. The van der Waals surface area contributed by atoms with E-state index in [-0.39, 0.29) is 10.8 Å². The molecule has 0 saturated carbocycles. The highest BCUT2D eigenvalue weighted by Crippen LogP contribution is 2.39. The normalized spacial score (nSPS) is 16.3. The van der Waals surface area contributed by atoms with Gasteiger partial charge in [0.05, 0.1) is 25.2 Å². The largest absolute Gasteiger partial charge is 0.493 e. The minimum atomic E-state index is -3.83. The van der Waals surface area contributed by atoms with Crippen LogP contribution < -0.4 is 14.8 Å². The Morgan fingerprint density at radius 3 is 2.38 bits per heavy atom. The van der Waals surface area contributed by atoms with Crippen molar-refractivity contribution in [1.82, 2.24) is 8.87 Å². The van der Waals surface area contributed by atoms with Gasteiger partial charge in [-0.3, -0.25) is 4.79 Å². The zero-order chi connectivity index (χ0) is 22.9. The Morgan fingerprint density at radius 1 is 1.00 bits per heavy atom. The van der Waals surface area contributed by atoms with Gasteiger partial charge in [-0.1, -0.05) is 6.07 Å². The van der Waals surface area contributed by atoms with Gasteiger partial charge in [0.1, 0.15) is 0 Å². The maximum atomic E-state index is 13.7. The number of rotatable bonds is 6. The van der Waals surface area contributed by atoms with Crippen LogP contribution in [0.25, 0.3) is 0 Å². The van der Waals surface area contributed by atoms with Gasteiger partial charge >= 0.3 is 0 Å². The third-order valence-electron chi connectivity index (χ3n) is 5.50. The lowest BCUT2D eigenvalue weighted by Gasteiger charge is -2.36. The van der Waals surface area contributed by atoms with Crippen molar-refractivity contribution < 1.29 is 22.7 Å². The van der Waals surface area contributed by atoms with Crippen LogP contribution in [0.4, 0.5) is 5.69 Å². The molecule has 1 atom stereocenters. The van der Waals surface area contributed by atoms with Gasteiger partial charge in [-0.2, -0.15) is 4.31 Å². The Hall–Kier alpha value is -3.30. The number of anilines is 1. The van der Waals surface area contributed by atoms with E-state index in [2.05, 4.69) is 9.88 Å². The molecule has 9 heteroatoms. The van der Waals surface area contributed by atoms with Crippen LogP contribution in [0.2, 0.25) is 0 Å². The van der Waals surface area contributed by atoms with E-state index in [1.165, 1.54) is 23.4 Å². The van der Waals surface area contributed by atoms with Gasteiger partial charge in [0.2, 0.25) is 15.9 Å². The van der Waals surface area contributed by atoms with Crippen molar-refractivity contribution in [2.45, 2.75) is 24.4 Å². The summed E-state index contributed by atoms with van der Waals surface area (Å²) in [6.07, 6.45) is 1.95.